The first-order valence-electron chi connectivity index (χ1n) is 9.91. The predicted octanol–water partition coefficient (Wildman–Crippen LogP) is 4.84. The van der Waals surface area contributed by atoms with Crippen molar-refractivity contribution < 1.29 is 19.4 Å². The maximum absolute atomic E-state index is 13.1. The number of hydrogen-bond acceptors (Lipinski definition) is 4. The van der Waals surface area contributed by atoms with Gasteiger partial charge in [0.05, 0.1) is 23.7 Å². The van der Waals surface area contributed by atoms with Crippen LogP contribution >= 0.6 is 0 Å². The van der Waals surface area contributed by atoms with E-state index in [0.717, 1.165) is 29.2 Å². The van der Waals surface area contributed by atoms with Crippen LogP contribution in [0.15, 0.2) is 65.0 Å². The van der Waals surface area contributed by atoms with Crippen molar-refractivity contribution in [3.8, 4) is 0 Å². The maximum atomic E-state index is 13.1. The number of nitrogens with zero attached hydrogens (tertiary/aromatic N) is 1. The molecule has 29 heavy (non-hydrogen) atoms. The van der Waals surface area contributed by atoms with Gasteiger partial charge in [-0.15, -0.1) is 0 Å². The highest BCUT2D eigenvalue weighted by atomic mass is 16.5. The molecule has 0 saturated carbocycles. The van der Waals surface area contributed by atoms with Crippen molar-refractivity contribution in [3.63, 3.8) is 0 Å². The molecule has 0 aromatic heterocycles. The highest BCUT2D eigenvalue weighted by Gasteiger charge is 2.39. The first-order valence-corrected chi connectivity index (χ1v) is 9.91. The summed E-state index contributed by atoms with van der Waals surface area (Å²) in [5.41, 5.74) is 2.74. The molecule has 1 aliphatic rings. The Labute approximate surface area is 171 Å². The molecule has 0 bridgehead atoms. The average molecular weight is 393 g/mol. The number of carboxylic acid groups (broad SMARTS) is 1. The van der Waals surface area contributed by atoms with Crippen LogP contribution in [0.1, 0.15) is 45.1 Å². The third kappa shape index (κ3) is 3.77. The molecular formula is C24H27NO4. The van der Waals surface area contributed by atoms with Crippen LogP contribution in [0.5, 0.6) is 0 Å². The van der Waals surface area contributed by atoms with E-state index in [1.807, 2.05) is 56.3 Å². The van der Waals surface area contributed by atoms with E-state index in [0.29, 0.717) is 23.6 Å². The number of carbonyl (C=O) groups is 2. The summed E-state index contributed by atoms with van der Waals surface area (Å²) in [7, 11) is 1.78. The number of carboxylic acids is 1. The summed E-state index contributed by atoms with van der Waals surface area (Å²) in [4.78, 5) is 27.2. The van der Waals surface area contributed by atoms with Gasteiger partial charge in [0.25, 0.3) is 0 Å². The largest absolute Gasteiger partial charge is 0.478 e. The fourth-order valence-electron chi connectivity index (χ4n) is 3.92. The smallest absolute Gasteiger partial charge is 0.336 e. The van der Waals surface area contributed by atoms with Gasteiger partial charge in [-0.1, -0.05) is 55.8 Å². The van der Waals surface area contributed by atoms with Crippen LogP contribution in [0.2, 0.25) is 0 Å². The Hall–Kier alpha value is -3.08. The first-order chi connectivity index (χ1) is 13.9. The van der Waals surface area contributed by atoms with E-state index in [4.69, 9.17) is 4.74 Å². The molecule has 1 N–H and O–H groups in total. The summed E-state index contributed by atoms with van der Waals surface area (Å²) in [5, 5.41) is 12.0. The van der Waals surface area contributed by atoms with Gasteiger partial charge in [-0.05, 0) is 36.6 Å². The number of aliphatic carboxylic acids is 1. The molecule has 0 aliphatic carbocycles. The minimum atomic E-state index is -1.03. The Bertz CT molecular complexity index is 1010. The van der Waals surface area contributed by atoms with Crippen molar-refractivity contribution >= 4 is 22.7 Å². The Kier molecular flexibility index (Phi) is 6.06. The second-order valence-electron chi connectivity index (χ2n) is 7.35. The quantitative estimate of drug-likeness (QED) is 0.562. The van der Waals surface area contributed by atoms with E-state index < -0.39 is 17.9 Å². The van der Waals surface area contributed by atoms with Crippen LogP contribution in [-0.4, -0.2) is 35.6 Å². The first kappa shape index (κ1) is 20.6. The van der Waals surface area contributed by atoms with Gasteiger partial charge >= 0.3 is 11.9 Å². The zero-order valence-corrected chi connectivity index (χ0v) is 17.4. The molecule has 0 saturated heterocycles. The number of fused-ring (bicyclic) bond motifs is 1. The van der Waals surface area contributed by atoms with E-state index in [1.165, 1.54) is 0 Å². The molecular weight excluding hydrogens is 366 g/mol. The zero-order chi connectivity index (χ0) is 21.1. The van der Waals surface area contributed by atoms with Crippen LogP contribution in [0, 0.1) is 0 Å². The predicted molar refractivity (Wildman–Crippen MR) is 113 cm³/mol. The van der Waals surface area contributed by atoms with Gasteiger partial charge in [-0.2, -0.15) is 0 Å². The molecule has 1 heterocycles. The van der Waals surface area contributed by atoms with Crippen molar-refractivity contribution in [2.75, 3.05) is 13.7 Å². The van der Waals surface area contributed by atoms with E-state index in [9.17, 15) is 14.7 Å². The highest BCUT2D eigenvalue weighted by molar-refractivity contribution is 6.01. The molecule has 1 atom stereocenters. The van der Waals surface area contributed by atoms with E-state index >= 15 is 0 Å². The number of benzene rings is 2. The third-order valence-electron chi connectivity index (χ3n) is 5.68. The summed E-state index contributed by atoms with van der Waals surface area (Å²) in [6, 6.07) is 13.6. The van der Waals surface area contributed by atoms with Crippen LogP contribution in [-0.2, 0) is 14.3 Å². The van der Waals surface area contributed by atoms with Gasteiger partial charge in [-0.3, -0.25) is 0 Å². The lowest BCUT2D eigenvalue weighted by atomic mass is 9.78. The molecule has 3 rings (SSSR count). The number of rotatable bonds is 6. The van der Waals surface area contributed by atoms with E-state index in [-0.39, 0.29) is 5.57 Å². The Morgan fingerprint density at radius 3 is 2.38 bits per heavy atom. The second-order valence-corrected chi connectivity index (χ2v) is 7.35. The summed E-state index contributed by atoms with van der Waals surface area (Å²) >= 11 is 0. The van der Waals surface area contributed by atoms with Gasteiger partial charge in [0.15, 0.2) is 0 Å². The lowest BCUT2D eigenvalue weighted by Gasteiger charge is -2.35. The molecule has 5 nitrogen and oxygen atoms in total. The molecule has 2 aromatic rings. The van der Waals surface area contributed by atoms with Crippen LogP contribution in [0.4, 0.5) is 0 Å². The number of allylic oxidation sites excluding steroid dienone is 2. The summed E-state index contributed by atoms with van der Waals surface area (Å²) in [6.07, 6.45) is 1.69. The lowest BCUT2D eigenvalue weighted by Crippen LogP contribution is -2.33. The standard InChI is InChI=1S/C24H27NO4/c1-5-6-14-29-24(28)21-16(3)25(4)15(2)20(23(26)27)22(21)19-13-9-11-17-10-7-8-12-18(17)19/h7-13,22H,5-6,14H2,1-4H3,(H,26,27). The monoisotopic (exact) mass is 393 g/mol. The van der Waals surface area contributed by atoms with Crippen LogP contribution in [0.3, 0.4) is 0 Å². The van der Waals surface area contributed by atoms with Gasteiger partial charge in [0.1, 0.15) is 0 Å². The van der Waals surface area contributed by atoms with Crippen molar-refractivity contribution in [2.24, 2.45) is 0 Å². The summed E-state index contributed by atoms with van der Waals surface area (Å²) < 4.78 is 5.53. The molecule has 5 heteroatoms. The molecule has 152 valence electrons. The van der Waals surface area contributed by atoms with Crippen molar-refractivity contribution in [1.29, 1.82) is 0 Å². The SMILES string of the molecule is CCCCOC(=O)C1=C(C)N(C)C(C)=C(C(=O)O)C1c1cccc2ccccc12. The minimum absolute atomic E-state index is 0.205. The molecule has 0 spiro atoms. The molecule has 0 fully saturated rings. The number of ether oxygens (including phenoxy) is 1. The molecule has 0 radical (unpaired) electrons. The van der Waals surface area contributed by atoms with Crippen molar-refractivity contribution in [1.82, 2.24) is 4.90 Å². The fraction of sp³-hybridized carbons (Fsp3) is 0.333. The summed E-state index contributed by atoms with van der Waals surface area (Å²) in [6.45, 7) is 5.98. The van der Waals surface area contributed by atoms with Gasteiger partial charge in [0.2, 0.25) is 0 Å². The Morgan fingerprint density at radius 1 is 1.03 bits per heavy atom. The van der Waals surface area contributed by atoms with E-state index in [2.05, 4.69) is 0 Å². The number of carbonyl (C=O) groups excluding carboxylic acids is 1. The normalized spacial score (nSPS) is 17.1. The van der Waals surface area contributed by atoms with Crippen molar-refractivity contribution in [2.45, 2.75) is 39.5 Å². The molecule has 1 aliphatic heterocycles. The third-order valence-corrected chi connectivity index (χ3v) is 5.68. The molecule has 2 aromatic carbocycles. The molecule has 1 unspecified atom stereocenters. The maximum Gasteiger partial charge on any atom is 0.336 e. The van der Waals surface area contributed by atoms with Gasteiger partial charge in [0, 0.05) is 18.4 Å². The highest BCUT2D eigenvalue weighted by Crippen LogP contribution is 2.43. The number of hydrogen-bond donors (Lipinski definition) is 1. The Morgan fingerprint density at radius 2 is 1.69 bits per heavy atom. The topological polar surface area (TPSA) is 66.8 Å². The van der Waals surface area contributed by atoms with Crippen LogP contribution < -0.4 is 0 Å². The lowest BCUT2D eigenvalue weighted by molar-refractivity contribution is -0.139. The average Bonchev–Trinajstić information content (AvgIpc) is 2.71. The van der Waals surface area contributed by atoms with E-state index in [1.54, 1.807) is 18.9 Å². The number of esters is 1. The second kappa shape index (κ2) is 8.52. The van der Waals surface area contributed by atoms with Gasteiger partial charge < -0.3 is 14.7 Å². The van der Waals surface area contributed by atoms with Crippen LogP contribution in [0.25, 0.3) is 10.8 Å². The van der Waals surface area contributed by atoms with Gasteiger partial charge in [-0.25, -0.2) is 9.59 Å². The number of unbranched alkanes of at least 4 members (excludes halogenated alkanes) is 1. The summed E-state index contributed by atoms with van der Waals surface area (Å²) in [5.74, 6) is -2.17. The zero-order valence-electron chi connectivity index (χ0n) is 17.4. The fourth-order valence-corrected chi connectivity index (χ4v) is 3.92. The Balaban J connectivity index is 2.24. The minimum Gasteiger partial charge on any atom is -0.478 e. The molecule has 0 amide bonds. The van der Waals surface area contributed by atoms with Crippen molar-refractivity contribution in [3.05, 3.63) is 70.6 Å².